The number of rotatable bonds is 6. The summed E-state index contributed by atoms with van der Waals surface area (Å²) in [5.41, 5.74) is 1.55. The predicted molar refractivity (Wildman–Crippen MR) is 104 cm³/mol. The Morgan fingerprint density at radius 1 is 1.27 bits per heavy atom. The molecule has 0 fully saturated rings. The van der Waals surface area contributed by atoms with Crippen LogP contribution in [0.3, 0.4) is 0 Å². The predicted octanol–water partition coefficient (Wildman–Crippen LogP) is 3.43. The third kappa shape index (κ3) is 4.59. The van der Waals surface area contributed by atoms with Gasteiger partial charge in [-0.3, -0.25) is 9.36 Å². The molecule has 2 N–H and O–H groups in total. The summed E-state index contributed by atoms with van der Waals surface area (Å²) in [7, 11) is 0. The van der Waals surface area contributed by atoms with Crippen molar-refractivity contribution >= 4 is 34.7 Å². The molecule has 26 heavy (non-hydrogen) atoms. The molecular formula is C17H18ClFN6S. The van der Waals surface area contributed by atoms with Crippen LogP contribution >= 0.6 is 23.8 Å². The van der Waals surface area contributed by atoms with Gasteiger partial charge in [-0.15, -0.1) is 0 Å². The van der Waals surface area contributed by atoms with E-state index >= 15 is 0 Å². The highest BCUT2D eigenvalue weighted by Gasteiger charge is 2.10. The highest BCUT2D eigenvalue weighted by Crippen LogP contribution is 2.20. The Hall–Kier alpha value is -2.45. The number of nitrogens with zero attached hydrogens (tertiary/aromatic N) is 4. The second kappa shape index (κ2) is 8.29. The van der Waals surface area contributed by atoms with Crippen molar-refractivity contribution in [1.82, 2.24) is 24.9 Å². The second-order valence-corrected chi connectivity index (χ2v) is 6.44. The van der Waals surface area contributed by atoms with Crippen molar-refractivity contribution in [2.24, 2.45) is 0 Å². The average molecular weight is 393 g/mol. The minimum Gasteiger partial charge on any atom is -0.358 e. The molecule has 0 spiro atoms. The molecule has 3 rings (SSSR count). The molecular weight excluding hydrogens is 375 g/mol. The minimum atomic E-state index is -0.279. The van der Waals surface area contributed by atoms with E-state index in [9.17, 15) is 4.39 Å². The van der Waals surface area contributed by atoms with Crippen LogP contribution in [-0.4, -0.2) is 24.7 Å². The largest absolute Gasteiger partial charge is 0.358 e. The van der Waals surface area contributed by atoms with Gasteiger partial charge in [-0.25, -0.2) is 4.39 Å². The molecule has 0 saturated heterocycles. The Morgan fingerprint density at radius 3 is 2.81 bits per heavy atom. The first-order valence-electron chi connectivity index (χ1n) is 8.07. The van der Waals surface area contributed by atoms with Gasteiger partial charge in [0.25, 0.3) is 0 Å². The Kier molecular flexibility index (Phi) is 5.85. The molecule has 2 aromatic heterocycles. The Bertz CT molecular complexity index is 906. The molecule has 0 unspecified atom stereocenters. The molecule has 136 valence electrons. The summed E-state index contributed by atoms with van der Waals surface area (Å²) in [6.45, 7) is 3.66. The number of halogens is 2. The number of anilines is 1. The molecule has 0 atom stereocenters. The maximum Gasteiger partial charge on any atom is 0.173 e. The lowest BCUT2D eigenvalue weighted by atomic mass is 10.2. The quantitative estimate of drug-likeness (QED) is 0.629. The summed E-state index contributed by atoms with van der Waals surface area (Å²) in [5, 5.41) is 15.4. The molecule has 0 radical (unpaired) electrons. The summed E-state index contributed by atoms with van der Waals surface area (Å²) in [4.78, 5) is 0. The standard InChI is InChI=1S/C17H18ClFN6S/c1-2-24-9-12(8-21-24)7-20-17(26)22-16-14(18)11-25(23-16)10-13-5-3-4-6-15(13)19/h3-6,8-9,11H,2,7,10H2,1H3,(H2,20,22,23,26). The Morgan fingerprint density at radius 2 is 2.08 bits per heavy atom. The fourth-order valence-corrected chi connectivity index (χ4v) is 2.74. The first-order valence-corrected chi connectivity index (χ1v) is 8.86. The smallest absolute Gasteiger partial charge is 0.173 e. The lowest BCUT2D eigenvalue weighted by Gasteiger charge is -2.08. The Balaban J connectivity index is 1.58. The van der Waals surface area contributed by atoms with E-state index in [1.54, 1.807) is 35.3 Å². The van der Waals surface area contributed by atoms with Crippen LogP contribution in [0.2, 0.25) is 5.02 Å². The summed E-state index contributed by atoms with van der Waals surface area (Å²) in [6.07, 6.45) is 5.37. The maximum atomic E-state index is 13.8. The van der Waals surface area contributed by atoms with Crippen LogP contribution in [0.4, 0.5) is 10.2 Å². The normalized spacial score (nSPS) is 10.7. The minimum absolute atomic E-state index is 0.279. The second-order valence-electron chi connectivity index (χ2n) is 5.63. The number of thiocarbonyl (C=S) groups is 1. The molecule has 2 heterocycles. The van der Waals surface area contributed by atoms with Crippen LogP contribution in [-0.2, 0) is 19.6 Å². The van der Waals surface area contributed by atoms with Gasteiger partial charge in [0.2, 0.25) is 0 Å². The molecule has 0 aliphatic carbocycles. The summed E-state index contributed by atoms with van der Waals surface area (Å²) >= 11 is 11.5. The number of hydrogen-bond acceptors (Lipinski definition) is 3. The van der Waals surface area contributed by atoms with E-state index in [2.05, 4.69) is 20.8 Å². The van der Waals surface area contributed by atoms with Gasteiger partial charge in [-0.2, -0.15) is 10.2 Å². The molecule has 0 saturated carbocycles. The van der Waals surface area contributed by atoms with Gasteiger partial charge in [0.1, 0.15) is 10.8 Å². The van der Waals surface area contributed by atoms with E-state index in [1.165, 1.54) is 6.07 Å². The van der Waals surface area contributed by atoms with E-state index in [4.69, 9.17) is 23.8 Å². The van der Waals surface area contributed by atoms with Crippen LogP contribution in [0.5, 0.6) is 0 Å². The number of nitrogens with one attached hydrogen (secondary N) is 2. The van der Waals surface area contributed by atoms with Gasteiger partial charge >= 0.3 is 0 Å². The van der Waals surface area contributed by atoms with Crippen molar-refractivity contribution in [2.75, 3.05) is 5.32 Å². The lowest BCUT2D eigenvalue weighted by molar-refractivity contribution is 0.586. The maximum absolute atomic E-state index is 13.8. The van der Waals surface area contributed by atoms with Gasteiger partial charge < -0.3 is 10.6 Å². The van der Waals surface area contributed by atoms with Gasteiger partial charge in [0.15, 0.2) is 10.9 Å². The van der Waals surface area contributed by atoms with E-state index in [1.807, 2.05) is 17.8 Å². The molecule has 0 aliphatic heterocycles. The van der Waals surface area contributed by atoms with Crippen LogP contribution in [0.25, 0.3) is 0 Å². The van der Waals surface area contributed by atoms with Gasteiger partial charge in [-0.1, -0.05) is 29.8 Å². The van der Waals surface area contributed by atoms with Gasteiger partial charge in [0, 0.05) is 36.6 Å². The summed E-state index contributed by atoms with van der Waals surface area (Å²) in [6, 6.07) is 6.55. The SMILES string of the molecule is CCn1cc(CNC(=S)Nc2nn(Cc3ccccc3F)cc2Cl)cn1. The van der Waals surface area contributed by atoms with E-state index < -0.39 is 0 Å². The third-order valence-corrected chi connectivity index (χ3v) is 4.23. The number of hydrogen-bond donors (Lipinski definition) is 2. The monoisotopic (exact) mass is 392 g/mol. The fraction of sp³-hybridized carbons (Fsp3) is 0.235. The van der Waals surface area contributed by atoms with E-state index in [0.29, 0.717) is 28.1 Å². The van der Waals surface area contributed by atoms with Crippen molar-refractivity contribution in [3.63, 3.8) is 0 Å². The molecule has 9 heteroatoms. The van der Waals surface area contributed by atoms with Crippen molar-refractivity contribution in [3.8, 4) is 0 Å². The van der Waals surface area contributed by atoms with Crippen LogP contribution < -0.4 is 10.6 Å². The van der Waals surface area contributed by atoms with E-state index in [0.717, 1.165) is 12.1 Å². The van der Waals surface area contributed by atoms with Crippen LogP contribution in [0, 0.1) is 5.82 Å². The van der Waals surface area contributed by atoms with Crippen molar-refractivity contribution in [2.45, 2.75) is 26.6 Å². The highest BCUT2D eigenvalue weighted by molar-refractivity contribution is 7.80. The molecule has 0 amide bonds. The van der Waals surface area contributed by atoms with Crippen molar-refractivity contribution in [1.29, 1.82) is 0 Å². The average Bonchev–Trinajstić information content (AvgIpc) is 3.22. The molecule has 3 aromatic rings. The Labute approximate surface area is 161 Å². The summed E-state index contributed by atoms with van der Waals surface area (Å²) in [5.74, 6) is 0.142. The molecule has 0 bridgehead atoms. The van der Waals surface area contributed by atoms with Crippen LogP contribution in [0.15, 0.2) is 42.9 Å². The molecule has 1 aromatic carbocycles. The zero-order valence-electron chi connectivity index (χ0n) is 14.1. The van der Waals surface area contributed by atoms with E-state index in [-0.39, 0.29) is 12.4 Å². The number of aryl methyl sites for hydroxylation is 1. The zero-order chi connectivity index (χ0) is 18.5. The lowest BCUT2D eigenvalue weighted by Crippen LogP contribution is -2.28. The zero-order valence-corrected chi connectivity index (χ0v) is 15.7. The fourth-order valence-electron chi connectivity index (χ4n) is 2.37. The van der Waals surface area contributed by atoms with Crippen molar-refractivity contribution in [3.05, 3.63) is 64.8 Å². The van der Waals surface area contributed by atoms with Gasteiger partial charge in [0.05, 0.1) is 12.7 Å². The first kappa shape index (κ1) is 18.3. The molecule has 6 nitrogen and oxygen atoms in total. The van der Waals surface area contributed by atoms with Gasteiger partial charge in [-0.05, 0) is 25.2 Å². The van der Waals surface area contributed by atoms with Crippen molar-refractivity contribution < 1.29 is 4.39 Å². The first-order chi connectivity index (χ1) is 12.5. The third-order valence-electron chi connectivity index (χ3n) is 3.70. The number of aromatic nitrogens is 4. The topological polar surface area (TPSA) is 59.7 Å². The molecule has 0 aliphatic rings. The summed E-state index contributed by atoms with van der Waals surface area (Å²) < 4.78 is 17.2. The highest BCUT2D eigenvalue weighted by atomic mass is 35.5. The van der Waals surface area contributed by atoms with Crippen LogP contribution in [0.1, 0.15) is 18.1 Å². The number of benzene rings is 1.